The molecule has 42 heavy (non-hydrogen) atoms. The van der Waals surface area contributed by atoms with E-state index in [4.69, 9.17) is 28.7 Å². The van der Waals surface area contributed by atoms with Crippen LogP contribution in [-0.4, -0.2) is 119 Å². The number of amides is 4. The molecule has 0 aromatic heterocycles. The van der Waals surface area contributed by atoms with E-state index in [9.17, 15) is 34.2 Å². The highest BCUT2D eigenvalue weighted by molar-refractivity contribution is 7.80. The number of guanidine groups is 2. The van der Waals surface area contributed by atoms with Gasteiger partial charge in [-0.15, -0.1) is 0 Å². The van der Waals surface area contributed by atoms with Gasteiger partial charge in [0.2, 0.25) is 23.6 Å². The number of aliphatic imine (C=N–C) groups is 2. The van der Waals surface area contributed by atoms with E-state index in [1.165, 1.54) is 4.90 Å². The van der Waals surface area contributed by atoms with Crippen LogP contribution in [0.5, 0.6) is 0 Å². The molecular weight excluding hydrogens is 574 g/mol. The van der Waals surface area contributed by atoms with Crippen LogP contribution in [0.2, 0.25) is 0 Å². The van der Waals surface area contributed by atoms with Crippen LogP contribution in [0.25, 0.3) is 0 Å². The van der Waals surface area contributed by atoms with Crippen molar-refractivity contribution >= 4 is 54.1 Å². The number of carbonyl (C=O) groups excluding carboxylic acids is 4. The number of hydrogen-bond donors (Lipinski definition) is 11. The average molecular weight is 618 g/mol. The van der Waals surface area contributed by atoms with Crippen LogP contribution in [0.3, 0.4) is 0 Å². The van der Waals surface area contributed by atoms with Crippen LogP contribution >= 0.6 is 12.6 Å². The van der Waals surface area contributed by atoms with Gasteiger partial charge >= 0.3 is 5.97 Å². The lowest BCUT2D eigenvalue weighted by Gasteiger charge is -2.28. The van der Waals surface area contributed by atoms with Crippen molar-refractivity contribution in [2.45, 2.75) is 68.7 Å². The lowest BCUT2D eigenvalue weighted by Crippen LogP contribution is -2.58. The molecule has 1 fully saturated rings. The van der Waals surface area contributed by atoms with Crippen LogP contribution in [0.4, 0.5) is 0 Å². The van der Waals surface area contributed by atoms with Crippen molar-refractivity contribution in [2.24, 2.45) is 38.7 Å². The highest BCUT2D eigenvalue weighted by atomic mass is 32.1. The van der Waals surface area contributed by atoms with Gasteiger partial charge in [0.05, 0.1) is 6.61 Å². The fourth-order valence-corrected chi connectivity index (χ4v) is 4.39. The second kappa shape index (κ2) is 18.6. The number of carbonyl (C=O) groups is 5. The summed E-state index contributed by atoms with van der Waals surface area (Å²) in [5.74, 6) is -4.54. The van der Waals surface area contributed by atoms with Gasteiger partial charge in [-0.25, -0.2) is 4.79 Å². The van der Waals surface area contributed by atoms with Crippen molar-refractivity contribution in [1.29, 1.82) is 0 Å². The second-order valence-electron chi connectivity index (χ2n) is 9.58. The topological polar surface area (TPSA) is 320 Å². The first-order chi connectivity index (χ1) is 19.8. The summed E-state index contributed by atoms with van der Waals surface area (Å²) in [6.07, 6.45) is 1.45. The molecule has 1 rings (SSSR count). The highest BCUT2D eigenvalue weighted by Crippen LogP contribution is 2.19. The molecule has 0 aliphatic carbocycles. The fourth-order valence-electron chi connectivity index (χ4n) is 4.13. The fraction of sp³-hybridized carbons (Fsp3) is 0.696. The summed E-state index contributed by atoms with van der Waals surface area (Å²) < 4.78 is 0. The molecule has 15 N–H and O–H groups in total. The van der Waals surface area contributed by atoms with Gasteiger partial charge in [-0.2, -0.15) is 12.6 Å². The van der Waals surface area contributed by atoms with Crippen molar-refractivity contribution in [2.75, 3.05) is 32.0 Å². The summed E-state index contributed by atoms with van der Waals surface area (Å²) in [4.78, 5) is 72.3. The highest BCUT2D eigenvalue weighted by Gasteiger charge is 2.38. The predicted octanol–water partition coefficient (Wildman–Crippen LogP) is -5.13. The number of thiol groups is 1. The normalized spacial score (nSPS) is 17.2. The second-order valence-corrected chi connectivity index (χ2v) is 9.95. The Morgan fingerprint density at radius 2 is 1.40 bits per heavy atom. The minimum Gasteiger partial charge on any atom is -0.480 e. The van der Waals surface area contributed by atoms with Gasteiger partial charge in [0, 0.05) is 25.4 Å². The molecule has 4 amide bonds. The Bertz CT molecular complexity index is 1010. The van der Waals surface area contributed by atoms with Crippen LogP contribution in [0.15, 0.2) is 9.98 Å². The molecule has 1 aliphatic heterocycles. The smallest absolute Gasteiger partial charge is 0.326 e. The standard InChI is InChI=1S/C23H43N11O7S/c24-12(10-35)20(39)34-9-3-6-16(34)19(38)31-13(4-1-7-29-22(25)26)17(36)33-15(11-42)18(37)32-14(21(40)41)5-2-8-30-23(27)28/h12-16,35,42H,1-11,24H2,(H,31,38)(H,32,37)(H,33,36)(H,40,41)(H4,25,26,29)(H4,27,28,30)/t12-,13-,14-,15-,16-/m0/s1. The number of aliphatic hydroxyl groups excluding tert-OH is 1. The maximum absolute atomic E-state index is 13.2. The largest absolute Gasteiger partial charge is 0.480 e. The number of aliphatic carboxylic acids is 1. The summed E-state index contributed by atoms with van der Waals surface area (Å²) >= 11 is 4.11. The molecule has 0 spiro atoms. The predicted molar refractivity (Wildman–Crippen MR) is 157 cm³/mol. The first-order valence-corrected chi connectivity index (χ1v) is 14.0. The zero-order valence-corrected chi connectivity index (χ0v) is 24.2. The van der Waals surface area contributed by atoms with Gasteiger partial charge in [0.1, 0.15) is 30.2 Å². The summed E-state index contributed by atoms with van der Waals surface area (Å²) in [6.45, 7) is -0.0276. The Balaban J connectivity index is 2.98. The lowest BCUT2D eigenvalue weighted by molar-refractivity contribution is -0.142. The van der Waals surface area contributed by atoms with Crippen molar-refractivity contribution < 1.29 is 34.2 Å². The van der Waals surface area contributed by atoms with Crippen LogP contribution in [0.1, 0.15) is 38.5 Å². The number of carboxylic acids is 1. The van der Waals surface area contributed by atoms with Crippen LogP contribution < -0.4 is 44.6 Å². The third-order valence-corrected chi connectivity index (χ3v) is 6.67. The molecule has 0 aromatic rings. The number of nitrogens with zero attached hydrogens (tertiary/aromatic N) is 3. The number of rotatable bonds is 18. The number of nitrogens with two attached hydrogens (primary N) is 5. The molecule has 238 valence electrons. The van der Waals surface area contributed by atoms with Gasteiger partial charge in [0.25, 0.3) is 0 Å². The summed E-state index contributed by atoms with van der Waals surface area (Å²) in [7, 11) is 0. The Morgan fingerprint density at radius 3 is 1.90 bits per heavy atom. The maximum atomic E-state index is 13.2. The van der Waals surface area contributed by atoms with E-state index < -0.39 is 66.4 Å². The summed E-state index contributed by atoms with van der Waals surface area (Å²) in [5.41, 5.74) is 26.8. The van der Waals surface area contributed by atoms with Crippen LogP contribution in [0, 0.1) is 0 Å². The van der Waals surface area contributed by atoms with Crippen LogP contribution in [-0.2, 0) is 24.0 Å². The van der Waals surface area contributed by atoms with E-state index in [-0.39, 0.29) is 63.0 Å². The molecule has 0 unspecified atom stereocenters. The van der Waals surface area contributed by atoms with E-state index in [0.717, 1.165) is 0 Å². The lowest BCUT2D eigenvalue weighted by atomic mass is 10.1. The van der Waals surface area contributed by atoms with Gasteiger partial charge in [-0.1, -0.05) is 0 Å². The summed E-state index contributed by atoms with van der Waals surface area (Å²) in [6, 6.07) is -5.79. The molecule has 19 heteroatoms. The number of aliphatic hydroxyl groups is 1. The minimum atomic E-state index is -1.29. The minimum absolute atomic E-state index is 0.0190. The molecule has 0 bridgehead atoms. The van der Waals surface area contributed by atoms with Gasteiger partial charge in [-0.05, 0) is 38.5 Å². The Labute approximate surface area is 248 Å². The number of carboxylic acid groups (broad SMARTS) is 1. The summed E-state index contributed by atoms with van der Waals surface area (Å²) in [5, 5.41) is 26.2. The molecule has 18 nitrogen and oxygen atoms in total. The molecule has 1 heterocycles. The quantitative estimate of drug-likeness (QED) is 0.0298. The van der Waals surface area contributed by atoms with Gasteiger partial charge < -0.3 is 59.7 Å². The maximum Gasteiger partial charge on any atom is 0.326 e. The number of likely N-dealkylation sites (tertiary alicyclic amines) is 1. The van der Waals surface area contributed by atoms with E-state index >= 15 is 0 Å². The van der Waals surface area contributed by atoms with E-state index in [2.05, 4.69) is 38.6 Å². The van der Waals surface area contributed by atoms with Crippen molar-refractivity contribution in [3.05, 3.63) is 0 Å². The Kier molecular flexibility index (Phi) is 16.0. The van der Waals surface area contributed by atoms with Gasteiger partial charge in [-0.3, -0.25) is 29.2 Å². The molecule has 0 aromatic carbocycles. The van der Waals surface area contributed by atoms with E-state index in [0.29, 0.717) is 12.8 Å². The Morgan fingerprint density at radius 1 is 0.881 bits per heavy atom. The average Bonchev–Trinajstić information content (AvgIpc) is 3.43. The van der Waals surface area contributed by atoms with Crippen molar-refractivity contribution in [3.63, 3.8) is 0 Å². The molecular formula is C23H43N11O7S. The molecule has 1 aliphatic rings. The first kappa shape index (κ1) is 36.2. The molecule has 5 atom stereocenters. The molecule has 0 radical (unpaired) electrons. The van der Waals surface area contributed by atoms with Crippen molar-refractivity contribution in [3.8, 4) is 0 Å². The van der Waals surface area contributed by atoms with E-state index in [1.807, 2.05) is 0 Å². The SMILES string of the molecule is NC(N)=NCCC[C@H](NC(=O)[C@H](CS)NC(=O)[C@H](CCCN=C(N)N)NC(=O)[C@@H]1CCCN1C(=O)[C@@H](N)CO)C(=O)O. The third kappa shape index (κ3) is 12.4. The third-order valence-electron chi connectivity index (χ3n) is 6.31. The number of hydrogen-bond acceptors (Lipinski definition) is 10. The first-order valence-electron chi connectivity index (χ1n) is 13.3. The monoisotopic (exact) mass is 617 g/mol. The molecule has 0 saturated carbocycles. The number of nitrogens with one attached hydrogen (secondary N) is 3. The van der Waals surface area contributed by atoms with Gasteiger partial charge in [0.15, 0.2) is 11.9 Å². The van der Waals surface area contributed by atoms with Crippen molar-refractivity contribution in [1.82, 2.24) is 20.9 Å². The zero-order chi connectivity index (χ0) is 31.8. The molecule has 1 saturated heterocycles. The zero-order valence-electron chi connectivity index (χ0n) is 23.3. The Hall–Kier alpha value is -3.84. The van der Waals surface area contributed by atoms with E-state index in [1.54, 1.807) is 0 Å².